The Balaban J connectivity index is 1.35. The van der Waals surface area contributed by atoms with Gasteiger partial charge in [-0.3, -0.25) is 0 Å². The summed E-state index contributed by atoms with van der Waals surface area (Å²) in [6.07, 6.45) is 6.47. The fourth-order valence-electron chi connectivity index (χ4n) is 4.43. The van der Waals surface area contributed by atoms with Crippen molar-refractivity contribution in [2.45, 2.75) is 63.7 Å². The van der Waals surface area contributed by atoms with Crippen LogP contribution >= 0.6 is 0 Å². The van der Waals surface area contributed by atoms with Gasteiger partial charge in [0.1, 0.15) is 0 Å². The van der Waals surface area contributed by atoms with E-state index in [4.69, 9.17) is 5.11 Å². The van der Waals surface area contributed by atoms with Crippen LogP contribution in [0.1, 0.15) is 64.7 Å². The maximum Gasteiger partial charge on any atom is 0.335 e. The molecule has 3 aromatic rings. The van der Waals surface area contributed by atoms with Crippen molar-refractivity contribution in [3.8, 4) is 0 Å². The van der Waals surface area contributed by atoms with Crippen LogP contribution in [-0.4, -0.2) is 31.8 Å². The first-order valence-electron chi connectivity index (χ1n) is 12.7. The lowest BCUT2D eigenvalue weighted by molar-refractivity contribution is 0.0697. The highest BCUT2D eigenvalue weighted by Gasteiger charge is 2.16. The smallest absolute Gasteiger partial charge is 0.335 e. The average molecular weight is 508 g/mol. The Bertz CT molecular complexity index is 1250. The van der Waals surface area contributed by atoms with E-state index in [-0.39, 0.29) is 5.75 Å². The molecular weight excluding hydrogens is 470 g/mol. The van der Waals surface area contributed by atoms with Crippen LogP contribution in [0.15, 0.2) is 71.6 Å². The molecule has 0 aliphatic heterocycles. The number of aryl methyl sites for hydroxylation is 4. The van der Waals surface area contributed by atoms with E-state index in [2.05, 4.69) is 17.4 Å². The Morgan fingerprint density at radius 2 is 1.53 bits per heavy atom. The first-order valence-corrected chi connectivity index (χ1v) is 14.4. The van der Waals surface area contributed by atoms with E-state index in [1.807, 2.05) is 50.2 Å². The van der Waals surface area contributed by atoms with E-state index in [9.17, 15) is 13.2 Å². The summed E-state index contributed by atoms with van der Waals surface area (Å²) in [5.41, 5.74) is 5.72. The fraction of sp³-hybridized carbons (Fsp3) is 0.367. The van der Waals surface area contributed by atoms with Gasteiger partial charge in [-0.15, -0.1) is 0 Å². The van der Waals surface area contributed by atoms with Crippen LogP contribution in [0, 0.1) is 13.8 Å². The van der Waals surface area contributed by atoms with Crippen molar-refractivity contribution in [1.82, 2.24) is 0 Å². The Kier molecular flexibility index (Phi) is 10.1. The number of para-hydroxylation sites is 1. The maximum atomic E-state index is 12.6. The minimum atomic E-state index is -3.22. The molecule has 0 radical (unpaired) electrons. The predicted molar refractivity (Wildman–Crippen MR) is 147 cm³/mol. The van der Waals surface area contributed by atoms with E-state index < -0.39 is 15.8 Å². The number of unbranched alkanes of at least 4 members (excludes halogenated alkanes) is 4. The molecule has 0 heterocycles. The molecule has 0 aliphatic rings. The number of carboxylic acids is 1. The van der Waals surface area contributed by atoms with Crippen molar-refractivity contribution in [1.29, 1.82) is 0 Å². The molecule has 0 spiro atoms. The minimum absolute atomic E-state index is 0.210. The van der Waals surface area contributed by atoms with Crippen LogP contribution in [0.3, 0.4) is 0 Å². The van der Waals surface area contributed by atoms with Gasteiger partial charge in [0.15, 0.2) is 9.84 Å². The number of hydrogen-bond acceptors (Lipinski definition) is 4. The number of carbonyl (C=O) groups is 1. The first-order chi connectivity index (χ1) is 17.3. The lowest BCUT2D eigenvalue weighted by Crippen LogP contribution is -2.09. The van der Waals surface area contributed by atoms with Gasteiger partial charge < -0.3 is 10.4 Å². The molecule has 2 N–H and O–H groups in total. The Morgan fingerprint density at radius 3 is 2.25 bits per heavy atom. The second-order valence-corrected chi connectivity index (χ2v) is 11.5. The molecule has 0 aromatic heterocycles. The third-order valence-electron chi connectivity index (χ3n) is 6.47. The summed E-state index contributed by atoms with van der Waals surface area (Å²) in [4.78, 5) is 11.5. The standard InChI is InChI=1S/C30H37NO4S/c1-23-12-19-29(24(2)22-23)36(34,35)21-9-5-3-4-8-20-31-28-11-7-6-10-26(28)16-13-25-14-17-27(18-15-25)30(32)33/h6-7,10-12,14-15,17-19,22,31H,3-5,8-9,13,16,20-21H2,1-2H3,(H,32,33). The maximum absolute atomic E-state index is 12.6. The normalized spacial score (nSPS) is 11.4. The first kappa shape index (κ1) is 27.5. The molecule has 0 unspecified atom stereocenters. The predicted octanol–water partition coefficient (Wildman–Crippen LogP) is 6.62. The summed E-state index contributed by atoms with van der Waals surface area (Å²) in [5.74, 6) is -0.694. The van der Waals surface area contributed by atoms with E-state index in [0.29, 0.717) is 16.9 Å². The molecule has 192 valence electrons. The van der Waals surface area contributed by atoms with Gasteiger partial charge in [0.2, 0.25) is 0 Å². The van der Waals surface area contributed by atoms with E-state index >= 15 is 0 Å². The topological polar surface area (TPSA) is 83.5 Å². The summed E-state index contributed by atoms with van der Waals surface area (Å²) in [7, 11) is -3.22. The van der Waals surface area contributed by atoms with E-state index in [1.165, 1.54) is 5.56 Å². The molecule has 6 heteroatoms. The largest absolute Gasteiger partial charge is 0.478 e. The van der Waals surface area contributed by atoms with Crippen LogP contribution in [0.2, 0.25) is 0 Å². The molecule has 3 aromatic carbocycles. The summed E-state index contributed by atoms with van der Waals surface area (Å²) in [6.45, 7) is 4.72. The summed E-state index contributed by atoms with van der Waals surface area (Å²) in [5, 5.41) is 12.6. The van der Waals surface area contributed by atoms with Crippen LogP contribution < -0.4 is 5.32 Å². The highest BCUT2D eigenvalue weighted by atomic mass is 32.2. The molecule has 0 saturated heterocycles. The molecule has 3 rings (SSSR count). The fourth-order valence-corrected chi connectivity index (χ4v) is 6.06. The van der Waals surface area contributed by atoms with Gasteiger partial charge in [-0.05, 0) is 80.5 Å². The van der Waals surface area contributed by atoms with Gasteiger partial charge in [-0.2, -0.15) is 0 Å². The lowest BCUT2D eigenvalue weighted by Gasteiger charge is -2.12. The average Bonchev–Trinajstić information content (AvgIpc) is 2.85. The van der Waals surface area contributed by atoms with E-state index in [0.717, 1.165) is 67.4 Å². The molecule has 0 fully saturated rings. The summed E-state index contributed by atoms with van der Waals surface area (Å²) >= 11 is 0. The van der Waals surface area contributed by atoms with Crippen molar-refractivity contribution in [2.75, 3.05) is 17.6 Å². The van der Waals surface area contributed by atoms with Crippen LogP contribution in [0.25, 0.3) is 0 Å². The molecule has 0 bridgehead atoms. The molecule has 5 nitrogen and oxygen atoms in total. The Hall–Kier alpha value is -3.12. The third kappa shape index (κ3) is 8.23. The number of aromatic carboxylic acids is 1. The number of carboxylic acid groups (broad SMARTS) is 1. The van der Waals surface area contributed by atoms with Gasteiger partial charge in [0.05, 0.1) is 16.2 Å². The van der Waals surface area contributed by atoms with Gasteiger partial charge in [-0.25, -0.2) is 13.2 Å². The van der Waals surface area contributed by atoms with Crippen molar-refractivity contribution in [2.24, 2.45) is 0 Å². The zero-order chi connectivity index (χ0) is 26.0. The Morgan fingerprint density at radius 1 is 0.833 bits per heavy atom. The van der Waals surface area contributed by atoms with Gasteiger partial charge in [-0.1, -0.05) is 67.3 Å². The summed E-state index contributed by atoms with van der Waals surface area (Å²) in [6, 6.07) is 20.9. The van der Waals surface area contributed by atoms with Crippen LogP contribution in [0.4, 0.5) is 5.69 Å². The van der Waals surface area contributed by atoms with Crippen molar-refractivity contribution < 1.29 is 18.3 Å². The van der Waals surface area contributed by atoms with Gasteiger partial charge >= 0.3 is 5.97 Å². The molecule has 0 aliphatic carbocycles. The zero-order valence-electron chi connectivity index (χ0n) is 21.3. The van der Waals surface area contributed by atoms with Gasteiger partial charge in [0.25, 0.3) is 0 Å². The van der Waals surface area contributed by atoms with Crippen molar-refractivity contribution in [3.05, 3.63) is 94.5 Å². The molecular formula is C30H37NO4S. The number of anilines is 1. The highest BCUT2D eigenvalue weighted by molar-refractivity contribution is 7.91. The number of benzene rings is 3. The number of rotatable bonds is 14. The monoisotopic (exact) mass is 507 g/mol. The summed E-state index contributed by atoms with van der Waals surface area (Å²) < 4.78 is 25.3. The Labute approximate surface area is 215 Å². The second kappa shape index (κ2) is 13.3. The van der Waals surface area contributed by atoms with Crippen molar-refractivity contribution >= 4 is 21.5 Å². The number of sulfone groups is 1. The number of hydrogen-bond donors (Lipinski definition) is 2. The van der Waals surface area contributed by atoms with Crippen molar-refractivity contribution in [3.63, 3.8) is 0 Å². The second-order valence-electron chi connectivity index (χ2n) is 9.44. The zero-order valence-corrected chi connectivity index (χ0v) is 22.1. The van der Waals surface area contributed by atoms with E-state index in [1.54, 1.807) is 18.2 Å². The van der Waals surface area contributed by atoms with Crippen LogP contribution in [-0.2, 0) is 22.7 Å². The minimum Gasteiger partial charge on any atom is -0.478 e. The molecule has 0 amide bonds. The quantitative estimate of drug-likeness (QED) is 0.240. The van der Waals surface area contributed by atoms with Gasteiger partial charge in [0, 0.05) is 12.2 Å². The molecule has 0 atom stereocenters. The highest BCUT2D eigenvalue weighted by Crippen LogP contribution is 2.20. The van der Waals surface area contributed by atoms with Crippen LogP contribution in [0.5, 0.6) is 0 Å². The molecule has 0 saturated carbocycles. The number of nitrogens with one attached hydrogen (secondary N) is 1. The third-order valence-corrected chi connectivity index (χ3v) is 8.43. The molecule has 36 heavy (non-hydrogen) atoms. The SMILES string of the molecule is Cc1ccc(S(=O)(=O)CCCCCCCNc2ccccc2CCc2ccc(C(=O)O)cc2)c(C)c1. The lowest BCUT2D eigenvalue weighted by atomic mass is 10.0.